The number of amides is 1. The van der Waals surface area contributed by atoms with Gasteiger partial charge in [0, 0.05) is 51.0 Å². The monoisotopic (exact) mass is 586 g/mol. The van der Waals surface area contributed by atoms with E-state index in [4.69, 9.17) is 5.14 Å². The van der Waals surface area contributed by atoms with Crippen LogP contribution in [0.15, 0.2) is 53.7 Å². The highest BCUT2D eigenvalue weighted by molar-refractivity contribution is 7.89. The number of hydrogen-bond acceptors (Lipinski definition) is 7. The highest BCUT2D eigenvalue weighted by Gasteiger charge is 2.29. The predicted molar refractivity (Wildman–Crippen MR) is 164 cm³/mol. The van der Waals surface area contributed by atoms with Crippen molar-refractivity contribution in [1.29, 1.82) is 5.26 Å². The number of aryl methyl sites for hydroxylation is 2. The Morgan fingerprint density at radius 2 is 1.60 bits per heavy atom. The Balaban J connectivity index is 1.28. The maximum atomic E-state index is 13.9. The lowest BCUT2D eigenvalue weighted by Gasteiger charge is -2.37. The van der Waals surface area contributed by atoms with Crippen molar-refractivity contribution < 1.29 is 13.2 Å². The third kappa shape index (κ3) is 5.98. The first-order chi connectivity index (χ1) is 20.1. The van der Waals surface area contributed by atoms with E-state index < -0.39 is 10.0 Å². The zero-order valence-corrected chi connectivity index (χ0v) is 25.3. The first-order valence-corrected chi connectivity index (χ1v) is 16.0. The second-order valence-electron chi connectivity index (χ2n) is 11.4. The molecule has 2 aliphatic rings. The summed E-state index contributed by atoms with van der Waals surface area (Å²) in [5.41, 5.74) is 7.49. The fraction of sp³-hybridized carbons (Fsp3) is 0.406. The van der Waals surface area contributed by atoms with Crippen LogP contribution < -0.4 is 14.9 Å². The van der Waals surface area contributed by atoms with Crippen LogP contribution in [0.3, 0.4) is 0 Å². The Bertz CT molecular complexity index is 1630. The van der Waals surface area contributed by atoms with Gasteiger partial charge in [-0.05, 0) is 92.5 Å². The Morgan fingerprint density at radius 1 is 0.952 bits per heavy atom. The Kier molecular flexibility index (Phi) is 8.53. The predicted octanol–water partition coefficient (Wildman–Crippen LogP) is 3.95. The molecule has 220 valence electrons. The molecule has 10 heteroatoms. The number of carbonyl (C=O) groups excluding carboxylic acids is 1. The number of carbonyl (C=O) groups is 1. The molecule has 9 nitrogen and oxygen atoms in total. The lowest BCUT2D eigenvalue weighted by atomic mass is 9.83. The van der Waals surface area contributed by atoms with Crippen molar-refractivity contribution in [3.63, 3.8) is 0 Å². The standard InChI is InChI=1S/C32H38N6O3S/c1-22-19-23(2)30(32(39)38-17-15-37(16-18-38)29-9-6-12-35-31(29)42(34,40)41)24(3)27(22)20-25-10-13-36(14-11-25)28-8-5-4-7-26(28)21-33/h4-9,12,19,25H,10-11,13-18,20H2,1-3H3,(H2,34,40,41). The van der Waals surface area contributed by atoms with Gasteiger partial charge >= 0.3 is 0 Å². The summed E-state index contributed by atoms with van der Waals surface area (Å²) in [6.45, 7) is 9.97. The van der Waals surface area contributed by atoms with Gasteiger partial charge in [0.25, 0.3) is 15.9 Å². The maximum absolute atomic E-state index is 13.9. The fourth-order valence-corrected chi connectivity index (χ4v) is 7.23. The Morgan fingerprint density at radius 3 is 2.26 bits per heavy atom. The number of anilines is 2. The van der Waals surface area contributed by atoms with E-state index >= 15 is 0 Å². The molecular weight excluding hydrogens is 548 g/mol. The smallest absolute Gasteiger partial charge is 0.257 e. The van der Waals surface area contributed by atoms with Crippen molar-refractivity contribution in [3.05, 3.63) is 82.0 Å². The molecule has 2 fully saturated rings. The van der Waals surface area contributed by atoms with E-state index in [2.05, 4.69) is 35.9 Å². The average molecular weight is 587 g/mol. The molecule has 3 heterocycles. The zero-order chi connectivity index (χ0) is 30.0. The fourth-order valence-electron chi connectivity index (χ4n) is 6.53. The number of pyridine rings is 1. The van der Waals surface area contributed by atoms with Crippen molar-refractivity contribution in [1.82, 2.24) is 9.88 Å². The van der Waals surface area contributed by atoms with Gasteiger partial charge in [0.15, 0.2) is 5.03 Å². The van der Waals surface area contributed by atoms with Crippen LogP contribution in [0.5, 0.6) is 0 Å². The van der Waals surface area contributed by atoms with Gasteiger partial charge in [-0.1, -0.05) is 18.2 Å². The van der Waals surface area contributed by atoms with E-state index in [0.29, 0.717) is 37.8 Å². The van der Waals surface area contributed by atoms with Gasteiger partial charge in [-0.3, -0.25) is 4.79 Å². The molecule has 0 unspecified atom stereocenters. The molecule has 2 saturated heterocycles. The summed E-state index contributed by atoms with van der Waals surface area (Å²) in [6.07, 6.45) is 4.41. The molecule has 0 radical (unpaired) electrons. The highest BCUT2D eigenvalue weighted by Crippen LogP contribution is 2.32. The second-order valence-corrected chi connectivity index (χ2v) is 12.9. The van der Waals surface area contributed by atoms with Crippen LogP contribution in [0.1, 0.15) is 51.0 Å². The van der Waals surface area contributed by atoms with Crippen LogP contribution in [0.2, 0.25) is 0 Å². The minimum Gasteiger partial charge on any atom is -0.370 e. The van der Waals surface area contributed by atoms with Gasteiger partial charge in [0.05, 0.1) is 16.9 Å². The summed E-state index contributed by atoms with van der Waals surface area (Å²) in [5, 5.41) is 14.8. The number of nitrogens with two attached hydrogens (primary N) is 1. The molecule has 5 rings (SSSR count). The molecule has 0 atom stereocenters. The minimum atomic E-state index is -3.96. The number of aromatic nitrogens is 1. The van der Waals surface area contributed by atoms with Gasteiger partial charge in [-0.25, -0.2) is 18.5 Å². The summed E-state index contributed by atoms with van der Waals surface area (Å²) in [4.78, 5) is 24.0. The summed E-state index contributed by atoms with van der Waals surface area (Å²) in [5.74, 6) is 0.529. The molecular formula is C32H38N6O3S. The first kappa shape index (κ1) is 29.5. The average Bonchev–Trinajstić information content (AvgIpc) is 2.99. The molecule has 42 heavy (non-hydrogen) atoms. The molecule has 0 spiro atoms. The lowest BCUT2D eigenvalue weighted by Crippen LogP contribution is -2.49. The number of sulfonamides is 1. The third-order valence-electron chi connectivity index (χ3n) is 8.75. The third-order valence-corrected chi connectivity index (χ3v) is 9.60. The molecule has 1 aromatic heterocycles. The summed E-state index contributed by atoms with van der Waals surface area (Å²) in [6, 6.07) is 15.6. The summed E-state index contributed by atoms with van der Waals surface area (Å²) >= 11 is 0. The number of piperidine rings is 1. The number of piperazine rings is 1. The Labute approximate surface area is 248 Å². The van der Waals surface area contributed by atoms with Crippen molar-refractivity contribution >= 4 is 27.3 Å². The van der Waals surface area contributed by atoms with Crippen LogP contribution >= 0.6 is 0 Å². The van der Waals surface area contributed by atoms with Crippen molar-refractivity contribution in [2.24, 2.45) is 11.1 Å². The number of hydrogen-bond donors (Lipinski definition) is 1. The quantitative estimate of drug-likeness (QED) is 0.464. The molecule has 2 aliphatic heterocycles. The van der Waals surface area contributed by atoms with E-state index in [1.54, 1.807) is 12.1 Å². The van der Waals surface area contributed by atoms with Crippen molar-refractivity contribution in [2.75, 3.05) is 49.1 Å². The van der Waals surface area contributed by atoms with Crippen LogP contribution in [0.25, 0.3) is 0 Å². The van der Waals surface area contributed by atoms with Gasteiger partial charge < -0.3 is 14.7 Å². The van der Waals surface area contributed by atoms with E-state index in [-0.39, 0.29) is 10.9 Å². The normalized spacial score (nSPS) is 16.4. The number of nitriles is 1. The summed E-state index contributed by atoms with van der Waals surface area (Å²) in [7, 11) is -3.96. The van der Waals surface area contributed by atoms with E-state index in [9.17, 15) is 18.5 Å². The topological polar surface area (TPSA) is 124 Å². The molecule has 0 aliphatic carbocycles. The number of para-hydroxylation sites is 1. The van der Waals surface area contributed by atoms with E-state index in [1.165, 1.54) is 17.3 Å². The zero-order valence-electron chi connectivity index (χ0n) is 24.5. The molecule has 2 N–H and O–H groups in total. The number of nitrogens with zero attached hydrogens (tertiary/aromatic N) is 5. The first-order valence-electron chi connectivity index (χ1n) is 14.4. The van der Waals surface area contributed by atoms with Crippen LogP contribution in [0.4, 0.5) is 11.4 Å². The molecule has 2 aromatic carbocycles. The van der Waals surface area contributed by atoms with Gasteiger partial charge in [-0.2, -0.15) is 5.26 Å². The SMILES string of the molecule is Cc1cc(C)c(C(=O)N2CCN(c3cccnc3S(N)(=O)=O)CC2)c(C)c1CC1CCN(c2ccccc2C#N)CC1. The molecule has 1 amide bonds. The van der Waals surface area contributed by atoms with E-state index in [0.717, 1.165) is 60.3 Å². The van der Waals surface area contributed by atoms with Crippen LogP contribution in [0, 0.1) is 38.0 Å². The maximum Gasteiger partial charge on any atom is 0.257 e. The van der Waals surface area contributed by atoms with Gasteiger partial charge in [0.2, 0.25) is 0 Å². The highest BCUT2D eigenvalue weighted by atomic mass is 32.2. The minimum absolute atomic E-state index is 0.0201. The summed E-state index contributed by atoms with van der Waals surface area (Å²) < 4.78 is 24.1. The van der Waals surface area contributed by atoms with Crippen LogP contribution in [-0.4, -0.2) is 63.5 Å². The number of benzene rings is 2. The molecule has 3 aromatic rings. The lowest BCUT2D eigenvalue weighted by molar-refractivity contribution is 0.0745. The number of primary sulfonamides is 1. The van der Waals surface area contributed by atoms with Crippen LogP contribution in [-0.2, 0) is 16.4 Å². The molecule has 0 saturated carbocycles. The number of rotatable bonds is 6. The molecule has 0 bridgehead atoms. The largest absolute Gasteiger partial charge is 0.370 e. The van der Waals surface area contributed by atoms with E-state index in [1.807, 2.05) is 41.0 Å². The van der Waals surface area contributed by atoms with Crippen molar-refractivity contribution in [2.45, 2.75) is 45.1 Å². The second kappa shape index (κ2) is 12.1. The van der Waals surface area contributed by atoms with Gasteiger partial charge in [-0.15, -0.1) is 0 Å². The Hall–Kier alpha value is -3.94. The van der Waals surface area contributed by atoms with Gasteiger partial charge in [0.1, 0.15) is 6.07 Å². The van der Waals surface area contributed by atoms with Crippen molar-refractivity contribution in [3.8, 4) is 6.07 Å².